The molecule has 4 nitrogen and oxygen atoms in total. The van der Waals surface area contributed by atoms with E-state index in [0.29, 0.717) is 11.6 Å². The third-order valence-electron chi connectivity index (χ3n) is 4.15. The number of hydrogen-bond acceptors (Lipinski definition) is 3. The first-order valence-corrected chi connectivity index (χ1v) is 9.47. The summed E-state index contributed by atoms with van der Waals surface area (Å²) in [5.74, 6) is 0. The van der Waals surface area contributed by atoms with Gasteiger partial charge in [0.05, 0.1) is 0 Å². The number of amides is 2. The smallest absolute Gasteiger partial charge is 0.319 e. The van der Waals surface area contributed by atoms with Crippen LogP contribution < -0.4 is 10.6 Å². The molecule has 0 radical (unpaired) electrons. The highest BCUT2D eigenvalue weighted by Crippen LogP contribution is 2.40. The minimum absolute atomic E-state index is 0.0447. The van der Waals surface area contributed by atoms with Gasteiger partial charge in [-0.1, -0.05) is 29.8 Å². The second kappa shape index (κ2) is 8.61. The first-order chi connectivity index (χ1) is 12.2. The number of urea groups is 1. The normalized spacial score (nSPS) is 16.2. The summed E-state index contributed by atoms with van der Waals surface area (Å²) >= 11 is 7.69. The van der Waals surface area contributed by atoms with E-state index in [4.69, 9.17) is 16.3 Å². The molecule has 132 valence electrons. The Labute approximate surface area is 157 Å². The van der Waals surface area contributed by atoms with Crippen LogP contribution in [0.5, 0.6) is 0 Å². The van der Waals surface area contributed by atoms with E-state index in [0.717, 1.165) is 31.7 Å². The van der Waals surface area contributed by atoms with E-state index >= 15 is 0 Å². The Morgan fingerprint density at radius 2 is 1.76 bits per heavy atom. The Morgan fingerprint density at radius 3 is 2.44 bits per heavy atom. The average molecular weight is 377 g/mol. The summed E-state index contributed by atoms with van der Waals surface area (Å²) in [6, 6.07) is 17.2. The van der Waals surface area contributed by atoms with Gasteiger partial charge in [-0.3, -0.25) is 0 Å². The van der Waals surface area contributed by atoms with Gasteiger partial charge in [-0.15, -0.1) is 11.8 Å². The molecule has 0 bridgehead atoms. The zero-order chi connectivity index (χ0) is 17.5. The maximum Gasteiger partial charge on any atom is 0.319 e. The number of anilines is 1. The first-order valence-electron chi connectivity index (χ1n) is 8.27. The summed E-state index contributed by atoms with van der Waals surface area (Å²) in [5, 5.41) is 6.50. The van der Waals surface area contributed by atoms with E-state index < -0.39 is 0 Å². The number of thioether (sulfide) groups is 1. The Kier molecular flexibility index (Phi) is 6.24. The SMILES string of the molecule is O=C(NCC1(Sc2ccccc2)CCOCC1)Nc1ccc(Cl)cc1. The maximum absolute atomic E-state index is 12.2. The summed E-state index contributed by atoms with van der Waals surface area (Å²) in [4.78, 5) is 13.5. The first kappa shape index (κ1) is 18.1. The highest BCUT2D eigenvalue weighted by molar-refractivity contribution is 8.00. The molecule has 0 unspecified atom stereocenters. The Balaban J connectivity index is 1.60. The van der Waals surface area contributed by atoms with Crippen molar-refractivity contribution >= 4 is 35.1 Å². The number of nitrogens with one attached hydrogen (secondary N) is 2. The van der Waals surface area contributed by atoms with Crippen molar-refractivity contribution in [1.82, 2.24) is 5.32 Å². The number of benzene rings is 2. The molecule has 2 aromatic rings. The topological polar surface area (TPSA) is 50.4 Å². The number of rotatable bonds is 5. The summed E-state index contributed by atoms with van der Waals surface area (Å²) in [6.07, 6.45) is 1.82. The number of carbonyl (C=O) groups is 1. The molecule has 0 aliphatic carbocycles. The molecule has 2 aromatic carbocycles. The van der Waals surface area contributed by atoms with E-state index in [9.17, 15) is 4.79 Å². The van der Waals surface area contributed by atoms with Crippen LogP contribution in [0, 0.1) is 0 Å². The minimum atomic E-state index is -0.207. The van der Waals surface area contributed by atoms with Gasteiger partial charge in [-0.05, 0) is 49.2 Å². The maximum atomic E-state index is 12.2. The van der Waals surface area contributed by atoms with E-state index in [1.54, 1.807) is 24.3 Å². The minimum Gasteiger partial charge on any atom is -0.381 e. The van der Waals surface area contributed by atoms with Crippen molar-refractivity contribution in [2.24, 2.45) is 0 Å². The third-order valence-corrected chi connectivity index (χ3v) is 5.90. The zero-order valence-electron chi connectivity index (χ0n) is 13.8. The Hall–Kier alpha value is -1.69. The Morgan fingerprint density at radius 1 is 1.08 bits per heavy atom. The van der Waals surface area contributed by atoms with Crippen LogP contribution in [0.25, 0.3) is 0 Å². The molecule has 25 heavy (non-hydrogen) atoms. The zero-order valence-corrected chi connectivity index (χ0v) is 15.4. The van der Waals surface area contributed by atoms with Crippen molar-refractivity contribution in [3.63, 3.8) is 0 Å². The van der Waals surface area contributed by atoms with E-state index in [2.05, 4.69) is 22.8 Å². The second-order valence-corrected chi connectivity index (χ2v) is 8.00. The standard InChI is InChI=1S/C19H21ClN2O2S/c20-15-6-8-16(9-7-15)22-18(23)21-14-19(10-12-24-13-11-19)25-17-4-2-1-3-5-17/h1-9H,10-14H2,(H2,21,22,23). The van der Waals surface area contributed by atoms with Gasteiger partial charge in [0.1, 0.15) is 0 Å². The third kappa shape index (κ3) is 5.39. The molecule has 1 aliphatic heterocycles. The van der Waals surface area contributed by atoms with Gasteiger partial charge in [0.25, 0.3) is 0 Å². The Bertz CT molecular complexity index is 688. The van der Waals surface area contributed by atoms with Gasteiger partial charge in [0.2, 0.25) is 0 Å². The summed E-state index contributed by atoms with van der Waals surface area (Å²) in [5.41, 5.74) is 0.721. The van der Waals surface area contributed by atoms with E-state index in [1.807, 2.05) is 30.0 Å². The van der Waals surface area contributed by atoms with Crippen LogP contribution in [-0.2, 0) is 4.74 Å². The van der Waals surface area contributed by atoms with Crippen LogP contribution in [0.2, 0.25) is 5.02 Å². The van der Waals surface area contributed by atoms with Crippen molar-refractivity contribution in [3.05, 3.63) is 59.6 Å². The van der Waals surface area contributed by atoms with Crippen LogP contribution in [0.15, 0.2) is 59.5 Å². The molecule has 1 aliphatic rings. The van der Waals surface area contributed by atoms with Crippen molar-refractivity contribution in [3.8, 4) is 0 Å². The molecule has 0 spiro atoms. The molecule has 0 atom stereocenters. The van der Waals surface area contributed by atoms with Crippen LogP contribution in [0.3, 0.4) is 0 Å². The highest BCUT2D eigenvalue weighted by atomic mass is 35.5. The molecule has 2 N–H and O–H groups in total. The largest absolute Gasteiger partial charge is 0.381 e. The van der Waals surface area contributed by atoms with Crippen molar-refractivity contribution < 1.29 is 9.53 Å². The molecule has 0 saturated carbocycles. The lowest BCUT2D eigenvalue weighted by atomic mass is 9.99. The van der Waals surface area contributed by atoms with Crippen molar-refractivity contribution in [2.75, 3.05) is 25.1 Å². The molecular weight excluding hydrogens is 356 g/mol. The number of hydrogen-bond donors (Lipinski definition) is 2. The molecular formula is C19H21ClN2O2S. The van der Waals surface area contributed by atoms with Crippen LogP contribution >= 0.6 is 23.4 Å². The molecule has 1 heterocycles. The van der Waals surface area contributed by atoms with Gasteiger partial charge in [-0.2, -0.15) is 0 Å². The number of ether oxygens (including phenoxy) is 1. The molecule has 3 rings (SSSR count). The lowest BCUT2D eigenvalue weighted by Crippen LogP contribution is -2.45. The highest BCUT2D eigenvalue weighted by Gasteiger charge is 2.34. The molecule has 0 aromatic heterocycles. The van der Waals surface area contributed by atoms with Crippen molar-refractivity contribution in [1.29, 1.82) is 0 Å². The quantitative estimate of drug-likeness (QED) is 0.787. The lowest BCUT2D eigenvalue weighted by molar-refractivity contribution is 0.0777. The summed E-state index contributed by atoms with van der Waals surface area (Å²) in [6.45, 7) is 2.04. The average Bonchev–Trinajstić information content (AvgIpc) is 2.64. The van der Waals surface area contributed by atoms with E-state index in [-0.39, 0.29) is 10.8 Å². The fraction of sp³-hybridized carbons (Fsp3) is 0.316. The molecule has 2 amide bonds. The molecule has 6 heteroatoms. The summed E-state index contributed by atoms with van der Waals surface area (Å²) < 4.78 is 5.48. The van der Waals surface area contributed by atoms with Crippen LogP contribution in [0.4, 0.5) is 10.5 Å². The number of carbonyl (C=O) groups excluding carboxylic acids is 1. The van der Waals surface area contributed by atoms with Gasteiger partial charge in [0.15, 0.2) is 0 Å². The van der Waals surface area contributed by atoms with Gasteiger partial charge >= 0.3 is 6.03 Å². The molecule has 1 fully saturated rings. The van der Waals surface area contributed by atoms with Gasteiger partial charge in [-0.25, -0.2) is 4.79 Å². The fourth-order valence-electron chi connectivity index (χ4n) is 2.75. The van der Waals surface area contributed by atoms with Crippen molar-refractivity contribution in [2.45, 2.75) is 22.5 Å². The van der Waals surface area contributed by atoms with Gasteiger partial charge in [0, 0.05) is 40.1 Å². The monoisotopic (exact) mass is 376 g/mol. The van der Waals surface area contributed by atoms with Crippen LogP contribution in [-0.4, -0.2) is 30.5 Å². The number of halogens is 1. The fourth-order valence-corrected chi connectivity index (χ4v) is 4.18. The summed E-state index contributed by atoms with van der Waals surface area (Å²) in [7, 11) is 0. The second-order valence-electron chi connectivity index (χ2n) is 6.03. The van der Waals surface area contributed by atoms with Crippen LogP contribution in [0.1, 0.15) is 12.8 Å². The van der Waals surface area contributed by atoms with E-state index in [1.165, 1.54) is 4.90 Å². The molecule has 1 saturated heterocycles. The predicted octanol–water partition coefficient (Wildman–Crippen LogP) is 4.80. The van der Waals surface area contributed by atoms with Gasteiger partial charge < -0.3 is 15.4 Å². The lowest BCUT2D eigenvalue weighted by Gasteiger charge is -2.36. The predicted molar refractivity (Wildman–Crippen MR) is 104 cm³/mol.